The van der Waals surface area contributed by atoms with Crippen molar-refractivity contribution in [3.8, 4) is 0 Å². The first kappa shape index (κ1) is 13.8. The lowest BCUT2D eigenvalue weighted by Crippen LogP contribution is -2.26. The summed E-state index contributed by atoms with van der Waals surface area (Å²) in [5.41, 5.74) is 5.81. The molecule has 0 aliphatic heterocycles. The molecule has 1 aromatic rings. The van der Waals surface area contributed by atoms with E-state index in [9.17, 15) is 4.79 Å². The van der Waals surface area contributed by atoms with Gasteiger partial charge in [0, 0.05) is 16.9 Å². The third kappa shape index (κ3) is 3.35. The maximum atomic E-state index is 11.6. The SMILES string of the molecule is CC(CN)C(=O)Nc1c(Cl)cc(Br)cc1Cl. The minimum absolute atomic E-state index is 0.200. The van der Waals surface area contributed by atoms with Crippen LogP contribution in [0.15, 0.2) is 16.6 Å². The average Bonchev–Trinajstić information content (AvgIpc) is 2.21. The summed E-state index contributed by atoms with van der Waals surface area (Å²) >= 11 is 15.2. The maximum absolute atomic E-state index is 11.6. The topological polar surface area (TPSA) is 55.1 Å². The molecule has 3 N–H and O–H groups in total. The van der Waals surface area contributed by atoms with Crippen molar-refractivity contribution in [1.82, 2.24) is 0 Å². The zero-order chi connectivity index (χ0) is 12.3. The Kier molecular flexibility index (Phi) is 5.05. The number of nitrogens with two attached hydrogens (primary N) is 1. The summed E-state index contributed by atoms with van der Waals surface area (Å²) in [6.07, 6.45) is 0. The predicted octanol–water partition coefficient (Wildman–Crippen LogP) is 3.29. The molecule has 0 radical (unpaired) electrons. The zero-order valence-corrected chi connectivity index (χ0v) is 11.7. The van der Waals surface area contributed by atoms with Crippen molar-refractivity contribution in [2.24, 2.45) is 11.7 Å². The minimum atomic E-state index is -0.282. The molecule has 3 nitrogen and oxygen atoms in total. The molecule has 0 aliphatic rings. The molecule has 0 fully saturated rings. The number of hydrogen-bond donors (Lipinski definition) is 2. The molecular weight excluding hydrogens is 315 g/mol. The molecular formula is C10H11BrCl2N2O. The van der Waals surface area contributed by atoms with Crippen molar-refractivity contribution in [3.05, 3.63) is 26.7 Å². The van der Waals surface area contributed by atoms with Crippen LogP contribution in [-0.2, 0) is 4.79 Å². The molecule has 0 aromatic heterocycles. The highest BCUT2D eigenvalue weighted by molar-refractivity contribution is 9.10. The smallest absolute Gasteiger partial charge is 0.228 e. The summed E-state index contributed by atoms with van der Waals surface area (Å²) in [4.78, 5) is 11.6. The highest BCUT2D eigenvalue weighted by Gasteiger charge is 2.15. The van der Waals surface area contributed by atoms with E-state index in [1.165, 1.54) is 0 Å². The molecule has 1 amide bonds. The zero-order valence-electron chi connectivity index (χ0n) is 8.56. The maximum Gasteiger partial charge on any atom is 0.228 e. The molecule has 0 bridgehead atoms. The average molecular weight is 326 g/mol. The van der Waals surface area contributed by atoms with Crippen LogP contribution < -0.4 is 11.1 Å². The van der Waals surface area contributed by atoms with E-state index in [4.69, 9.17) is 28.9 Å². The van der Waals surface area contributed by atoms with Gasteiger partial charge in [0.25, 0.3) is 0 Å². The molecule has 0 heterocycles. The lowest BCUT2D eigenvalue weighted by Gasteiger charge is -2.12. The predicted molar refractivity (Wildman–Crippen MR) is 71.0 cm³/mol. The normalized spacial score (nSPS) is 12.3. The van der Waals surface area contributed by atoms with Crippen LogP contribution in [0.4, 0.5) is 5.69 Å². The third-order valence-electron chi connectivity index (χ3n) is 2.06. The van der Waals surface area contributed by atoms with Crippen LogP contribution in [0.1, 0.15) is 6.92 Å². The number of carbonyl (C=O) groups excluding carboxylic acids is 1. The van der Waals surface area contributed by atoms with Crippen LogP contribution in [0.2, 0.25) is 10.0 Å². The third-order valence-corrected chi connectivity index (χ3v) is 3.11. The largest absolute Gasteiger partial charge is 0.330 e. The van der Waals surface area contributed by atoms with Crippen LogP contribution in [-0.4, -0.2) is 12.5 Å². The Morgan fingerprint density at radius 3 is 2.44 bits per heavy atom. The molecule has 0 spiro atoms. The van der Waals surface area contributed by atoms with E-state index in [0.717, 1.165) is 4.47 Å². The van der Waals surface area contributed by atoms with Crippen molar-refractivity contribution in [3.63, 3.8) is 0 Å². The van der Waals surface area contributed by atoms with Gasteiger partial charge < -0.3 is 11.1 Å². The van der Waals surface area contributed by atoms with Crippen LogP contribution in [0.25, 0.3) is 0 Å². The second-order valence-corrected chi connectivity index (χ2v) is 5.10. The number of nitrogens with one attached hydrogen (secondary N) is 1. The minimum Gasteiger partial charge on any atom is -0.330 e. The van der Waals surface area contributed by atoms with Crippen LogP contribution in [0.5, 0.6) is 0 Å². The van der Waals surface area contributed by atoms with Gasteiger partial charge in [-0.2, -0.15) is 0 Å². The quantitative estimate of drug-likeness (QED) is 0.896. The molecule has 16 heavy (non-hydrogen) atoms. The van der Waals surface area contributed by atoms with Gasteiger partial charge in [-0.3, -0.25) is 4.79 Å². The van der Waals surface area contributed by atoms with Gasteiger partial charge in [-0.05, 0) is 12.1 Å². The Morgan fingerprint density at radius 1 is 1.50 bits per heavy atom. The van der Waals surface area contributed by atoms with E-state index in [1.54, 1.807) is 19.1 Å². The lowest BCUT2D eigenvalue weighted by atomic mass is 10.1. The highest BCUT2D eigenvalue weighted by Crippen LogP contribution is 2.33. The Labute approximate surface area is 112 Å². The number of halogens is 3. The first-order valence-corrected chi connectivity index (χ1v) is 6.16. The number of hydrogen-bond acceptors (Lipinski definition) is 2. The van der Waals surface area contributed by atoms with Crippen molar-refractivity contribution in [2.45, 2.75) is 6.92 Å². The van der Waals surface area contributed by atoms with Crippen LogP contribution in [0, 0.1) is 5.92 Å². The number of benzene rings is 1. The number of anilines is 1. The second-order valence-electron chi connectivity index (χ2n) is 3.37. The van der Waals surface area contributed by atoms with Crippen LogP contribution >= 0.6 is 39.1 Å². The second kappa shape index (κ2) is 5.87. The molecule has 0 saturated carbocycles. The van der Waals surface area contributed by atoms with Gasteiger partial charge >= 0.3 is 0 Å². The van der Waals surface area contributed by atoms with E-state index >= 15 is 0 Å². The van der Waals surface area contributed by atoms with Gasteiger partial charge in [0.1, 0.15) is 0 Å². The van der Waals surface area contributed by atoms with Gasteiger partial charge in [0.2, 0.25) is 5.91 Å². The van der Waals surface area contributed by atoms with Crippen molar-refractivity contribution >= 4 is 50.7 Å². The summed E-state index contributed by atoms with van der Waals surface area (Å²) in [7, 11) is 0. The Balaban J connectivity index is 2.93. The fourth-order valence-electron chi connectivity index (χ4n) is 1.02. The molecule has 1 rings (SSSR count). The van der Waals surface area contributed by atoms with Gasteiger partial charge in [-0.1, -0.05) is 46.1 Å². The number of amides is 1. The van der Waals surface area contributed by atoms with Crippen molar-refractivity contribution in [2.75, 3.05) is 11.9 Å². The first-order chi connectivity index (χ1) is 7.45. The van der Waals surface area contributed by atoms with Gasteiger partial charge in [0.15, 0.2) is 0 Å². The van der Waals surface area contributed by atoms with E-state index in [2.05, 4.69) is 21.2 Å². The molecule has 6 heteroatoms. The molecule has 88 valence electrons. The summed E-state index contributed by atoms with van der Waals surface area (Å²) < 4.78 is 0.757. The summed E-state index contributed by atoms with van der Waals surface area (Å²) in [6.45, 7) is 2.01. The van der Waals surface area contributed by atoms with E-state index in [-0.39, 0.29) is 18.4 Å². The van der Waals surface area contributed by atoms with Gasteiger partial charge in [-0.15, -0.1) is 0 Å². The summed E-state index contributed by atoms with van der Waals surface area (Å²) in [5, 5.41) is 3.42. The van der Waals surface area contributed by atoms with Crippen molar-refractivity contribution in [1.29, 1.82) is 0 Å². The molecule has 1 atom stereocenters. The summed E-state index contributed by atoms with van der Waals surface area (Å²) in [5.74, 6) is -0.482. The fraction of sp³-hybridized carbons (Fsp3) is 0.300. The van der Waals surface area contributed by atoms with Crippen LogP contribution in [0.3, 0.4) is 0 Å². The van der Waals surface area contributed by atoms with Crippen molar-refractivity contribution < 1.29 is 4.79 Å². The molecule has 0 saturated heterocycles. The standard InChI is InChI=1S/C10H11BrCl2N2O/c1-5(4-14)10(16)15-9-7(12)2-6(11)3-8(9)13/h2-3,5H,4,14H2,1H3,(H,15,16). The van der Waals surface area contributed by atoms with E-state index < -0.39 is 0 Å². The monoisotopic (exact) mass is 324 g/mol. The Bertz CT molecular complexity index is 389. The van der Waals surface area contributed by atoms with Gasteiger partial charge in [0.05, 0.1) is 15.7 Å². The lowest BCUT2D eigenvalue weighted by molar-refractivity contribution is -0.119. The number of rotatable bonds is 3. The summed E-state index contributed by atoms with van der Waals surface area (Å²) in [6, 6.07) is 3.33. The Morgan fingerprint density at radius 2 is 2.00 bits per heavy atom. The molecule has 1 unspecified atom stereocenters. The Hall–Kier alpha value is -0.290. The number of carbonyl (C=O) groups is 1. The van der Waals surface area contributed by atoms with Gasteiger partial charge in [-0.25, -0.2) is 0 Å². The molecule has 0 aliphatic carbocycles. The first-order valence-electron chi connectivity index (χ1n) is 4.61. The highest BCUT2D eigenvalue weighted by atomic mass is 79.9. The van der Waals surface area contributed by atoms with E-state index in [0.29, 0.717) is 15.7 Å². The van der Waals surface area contributed by atoms with E-state index in [1.807, 2.05) is 0 Å². The molecule has 1 aromatic carbocycles. The fourth-order valence-corrected chi connectivity index (χ4v) is 2.32.